The van der Waals surface area contributed by atoms with Crippen LogP contribution < -0.4 is 10.5 Å². The summed E-state index contributed by atoms with van der Waals surface area (Å²) >= 11 is 6.27. The molecule has 0 bridgehead atoms. The number of nitrogens with one attached hydrogen (secondary N) is 1. The summed E-state index contributed by atoms with van der Waals surface area (Å²) in [4.78, 5) is 26.1. The lowest BCUT2D eigenvalue weighted by molar-refractivity contribution is -0.113. The van der Waals surface area contributed by atoms with Crippen LogP contribution in [0, 0.1) is 0 Å². The highest BCUT2D eigenvalue weighted by Gasteiger charge is 2.29. The second-order valence-electron chi connectivity index (χ2n) is 7.83. The molecule has 0 unspecified atom stereocenters. The normalized spacial score (nSPS) is 13.9. The van der Waals surface area contributed by atoms with Gasteiger partial charge in [0.25, 0.3) is 5.91 Å². The zero-order chi connectivity index (χ0) is 23.8. The predicted octanol–water partition coefficient (Wildman–Crippen LogP) is 3.40. The Labute approximate surface area is 196 Å². The van der Waals surface area contributed by atoms with Gasteiger partial charge in [-0.3, -0.25) is 9.59 Å². The molecule has 0 fully saturated rings. The number of sulfonamides is 1. The number of hydrogen-bond acceptors (Lipinski definition) is 5. The van der Waals surface area contributed by atoms with Crippen LogP contribution in [0.15, 0.2) is 60.7 Å². The number of aromatic nitrogens is 1. The Morgan fingerprint density at radius 1 is 1.15 bits per heavy atom. The number of nitrogens with two attached hydrogens (primary N) is 1. The SMILES string of the molecule is CS(=O)(=O)NC(=O)c1c(C2=CC=CCC2=O)c2cc(Cl)ccc2n1Cc1ccc(CN)cc1. The second kappa shape index (κ2) is 8.97. The van der Waals surface area contributed by atoms with Crippen molar-refractivity contribution in [1.82, 2.24) is 9.29 Å². The minimum atomic E-state index is -3.85. The summed E-state index contributed by atoms with van der Waals surface area (Å²) < 4.78 is 27.6. The molecule has 1 heterocycles. The number of carbonyl (C=O) groups is 2. The number of amides is 1. The van der Waals surface area contributed by atoms with Gasteiger partial charge in [-0.15, -0.1) is 0 Å². The maximum atomic E-state index is 13.3. The van der Waals surface area contributed by atoms with E-state index in [-0.39, 0.29) is 24.4 Å². The molecular formula is C24H22ClN3O4S. The van der Waals surface area contributed by atoms with Crippen LogP contribution in [-0.2, 0) is 27.9 Å². The smallest absolute Gasteiger partial charge is 0.282 e. The topological polar surface area (TPSA) is 111 Å². The molecule has 0 radical (unpaired) electrons. The highest BCUT2D eigenvalue weighted by molar-refractivity contribution is 7.89. The molecule has 3 N–H and O–H groups in total. The first-order valence-corrected chi connectivity index (χ1v) is 12.5. The van der Waals surface area contributed by atoms with Crippen molar-refractivity contribution >= 4 is 49.8 Å². The predicted molar refractivity (Wildman–Crippen MR) is 129 cm³/mol. The molecule has 0 atom stereocenters. The minimum Gasteiger partial charge on any atom is -0.331 e. The van der Waals surface area contributed by atoms with Crippen molar-refractivity contribution in [2.45, 2.75) is 19.5 Å². The van der Waals surface area contributed by atoms with Crippen molar-refractivity contribution in [3.8, 4) is 0 Å². The van der Waals surface area contributed by atoms with Crippen LogP contribution >= 0.6 is 11.6 Å². The van der Waals surface area contributed by atoms with Gasteiger partial charge in [0.1, 0.15) is 5.69 Å². The number of carbonyl (C=O) groups excluding carboxylic acids is 2. The molecule has 9 heteroatoms. The standard InChI is InChI=1S/C24H22ClN3O4S/c1-33(31,32)27-24(30)23-22(18-4-2-3-5-21(18)29)19-12-17(25)10-11-20(19)28(23)14-16-8-6-15(13-26)7-9-16/h2-4,6-12H,5,13-14,26H2,1H3,(H,27,30). The Bertz CT molecular complexity index is 1430. The molecule has 170 valence electrons. The summed E-state index contributed by atoms with van der Waals surface area (Å²) in [5, 5.41) is 1.03. The first-order valence-electron chi connectivity index (χ1n) is 10.2. The monoisotopic (exact) mass is 483 g/mol. The van der Waals surface area contributed by atoms with Gasteiger partial charge in [0.2, 0.25) is 10.0 Å². The van der Waals surface area contributed by atoms with Crippen LogP contribution in [0.3, 0.4) is 0 Å². The molecule has 1 amide bonds. The molecule has 2 aromatic carbocycles. The summed E-state index contributed by atoms with van der Waals surface area (Å²) in [6.07, 6.45) is 6.21. The lowest BCUT2D eigenvalue weighted by Gasteiger charge is -2.14. The van der Waals surface area contributed by atoms with Gasteiger partial charge in [-0.1, -0.05) is 54.1 Å². The number of rotatable bonds is 6. The van der Waals surface area contributed by atoms with Gasteiger partial charge in [0.05, 0.1) is 6.26 Å². The molecule has 7 nitrogen and oxygen atoms in total. The molecule has 0 saturated carbocycles. The van der Waals surface area contributed by atoms with Crippen molar-refractivity contribution in [3.05, 3.63) is 88.1 Å². The quantitative estimate of drug-likeness (QED) is 0.558. The molecule has 3 aromatic rings. The molecule has 0 saturated heterocycles. The van der Waals surface area contributed by atoms with E-state index in [1.807, 2.05) is 24.3 Å². The zero-order valence-electron chi connectivity index (χ0n) is 17.8. The number of nitrogens with zero attached hydrogens (tertiary/aromatic N) is 1. The second-order valence-corrected chi connectivity index (χ2v) is 10.0. The Morgan fingerprint density at radius 3 is 2.48 bits per heavy atom. The van der Waals surface area contributed by atoms with Gasteiger partial charge in [-0.05, 0) is 29.3 Å². The Balaban J connectivity index is 2.01. The summed E-state index contributed by atoms with van der Waals surface area (Å²) in [6, 6.07) is 12.7. The van der Waals surface area contributed by atoms with E-state index in [1.165, 1.54) is 0 Å². The van der Waals surface area contributed by atoms with Gasteiger partial charge in [-0.2, -0.15) is 0 Å². The fraction of sp³-hybridized carbons (Fsp3) is 0.167. The molecule has 0 aliphatic heterocycles. The average Bonchev–Trinajstić information content (AvgIpc) is 3.06. The van der Waals surface area contributed by atoms with Gasteiger partial charge in [-0.25, -0.2) is 13.1 Å². The number of benzene rings is 2. The van der Waals surface area contributed by atoms with Crippen LogP contribution in [0.1, 0.15) is 33.6 Å². The van der Waals surface area contributed by atoms with E-state index < -0.39 is 15.9 Å². The number of hydrogen-bond donors (Lipinski definition) is 2. The summed E-state index contributed by atoms with van der Waals surface area (Å²) in [7, 11) is -3.85. The molecule has 33 heavy (non-hydrogen) atoms. The van der Waals surface area contributed by atoms with Crippen LogP contribution in [0.25, 0.3) is 16.5 Å². The Kier molecular flexibility index (Phi) is 6.25. The zero-order valence-corrected chi connectivity index (χ0v) is 19.4. The van der Waals surface area contributed by atoms with Crippen molar-refractivity contribution in [1.29, 1.82) is 0 Å². The fourth-order valence-corrected chi connectivity index (χ4v) is 4.55. The van der Waals surface area contributed by atoms with E-state index in [9.17, 15) is 18.0 Å². The number of halogens is 1. The Hall–Kier alpha value is -3.20. The highest BCUT2D eigenvalue weighted by Crippen LogP contribution is 2.36. The largest absolute Gasteiger partial charge is 0.331 e. The maximum Gasteiger partial charge on any atom is 0.282 e. The van der Waals surface area contributed by atoms with E-state index in [2.05, 4.69) is 4.72 Å². The van der Waals surface area contributed by atoms with Gasteiger partial charge >= 0.3 is 0 Å². The number of ketones is 1. The van der Waals surface area contributed by atoms with E-state index in [4.69, 9.17) is 17.3 Å². The van der Waals surface area contributed by atoms with Crippen LogP contribution in [0.2, 0.25) is 5.02 Å². The third-order valence-electron chi connectivity index (χ3n) is 5.39. The highest BCUT2D eigenvalue weighted by atomic mass is 35.5. The van der Waals surface area contributed by atoms with Crippen molar-refractivity contribution < 1.29 is 18.0 Å². The van der Waals surface area contributed by atoms with Crippen LogP contribution in [-0.4, -0.2) is 30.9 Å². The number of fused-ring (bicyclic) bond motifs is 1. The van der Waals surface area contributed by atoms with Gasteiger partial charge in [0, 0.05) is 46.6 Å². The Morgan fingerprint density at radius 2 is 1.85 bits per heavy atom. The molecule has 0 spiro atoms. The van der Waals surface area contributed by atoms with E-state index in [0.29, 0.717) is 33.6 Å². The van der Waals surface area contributed by atoms with Gasteiger partial charge < -0.3 is 10.3 Å². The molecule has 1 aliphatic carbocycles. The average molecular weight is 484 g/mol. The lowest BCUT2D eigenvalue weighted by Crippen LogP contribution is -2.32. The molecule has 1 aliphatic rings. The van der Waals surface area contributed by atoms with E-state index in [0.717, 1.165) is 17.4 Å². The minimum absolute atomic E-state index is 0.0792. The molecular weight excluding hydrogens is 462 g/mol. The maximum absolute atomic E-state index is 13.3. The van der Waals surface area contributed by atoms with Gasteiger partial charge in [0.15, 0.2) is 5.78 Å². The number of allylic oxidation sites excluding steroid dienone is 4. The van der Waals surface area contributed by atoms with Crippen molar-refractivity contribution in [2.75, 3.05) is 6.26 Å². The van der Waals surface area contributed by atoms with Crippen LogP contribution in [0.5, 0.6) is 0 Å². The number of Topliss-reactive ketones (excluding diaryl/α,β-unsaturated/α-hetero) is 1. The van der Waals surface area contributed by atoms with E-state index >= 15 is 0 Å². The summed E-state index contributed by atoms with van der Waals surface area (Å²) in [5.74, 6) is -0.987. The first kappa shape index (κ1) is 23.0. The lowest BCUT2D eigenvalue weighted by atomic mass is 9.93. The summed E-state index contributed by atoms with van der Waals surface area (Å²) in [5.41, 5.74) is 8.96. The summed E-state index contributed by atoms with van der Waals surface area (Å²) in [6.45, 7) is 0.675. The molecule has 1 aromatic heterocycles. The first-order chi connectivity index (χ1) is 15.7. The van der Waals surface area contributed by atoms with Crippen molar-refractivity contribution in [2.24, 2.45) is 5.73 Å². The van der Waals surface area contributed by atoms with Crippen LogP contribution in [0.4, 0.5) is 0 Å². The third-order valence-corrected chi connectivity index (χ3v) is 6.18. The third kappa shape index (κ3) is 4.78. The van der Waals surface area contributed by atoms with E-state index in [1.54, 1.807) is 41.0 Å². The van der Waals surface area contributed by atoms with Crippen molar-refractivity contribution in [3.63, 3.8) is 0 Å². The molecule has 4 rings (SSSR count). The fourth-order valence-electron chi connectivity index (χ4n) is 3.94.